The zero-order chi connectivity index (χ0) is 40.0. The van der Waals surface area contributed by atoms with Crippen LogP contribution in [0.3, 0.4) is 0 Å². The molecule has 2 aromatic rings. The van der Waals surface area contributed by atoms with Crippen molar-refractivity contribution in [2.24, 2.45) is 0 Å². The van der Waals surface area contributed by atoms with Crippen molar-refractivity contribution in [2.45, 2.75) is 88.6 Å². The molecule has 17 heteroatoms. The molecule has 1 fully saturated rings. The van der Waals surface area contributed by atoms with E-state index in [0.717, 1.165) is 6.42 Å². The number of aliphatic hydroxyl groups is 3. The number of ketones is 3. The number of hydrogen-bond acceptors (Lipinski definition) is 15. The number of ether oxygens (including phenoxy) is 5. The molecule has 1 saturated heterocycles. The van der Waals surface area contributed by atoms with E-state index in [1.54, 1.807) is 0 Å². The highest BCUT2D eigenvalue weighted by atomic mass is 16.7. The Kier molecular flexibility index (Phi) is 13.6. The highest BCUT2D eigenvalue weighted by Crippen LogP contribution is 2.52. The third-order valence-corrected chi connectivity index (χ3v) is 9.98. The van der Waals surface area contributed by atoms with E-state index in [1.807, 2.05) is 6.92 Å². The number of aromatic hydroxyl groups is 2. The Morgan fingerprint density at radius 1 is 0.964 bits per heavy atom. The third-order valence-electron chi connectivity index (χ3n) is 9.98. The molecule has 1 unspecified atom stereocenters. The van der Waals surface area contributed by atoms with Crippen molar-refractivity contribution in [1.82, 2.24) is 10.6 Å². The zero-order valence-corrected chi connectivity index (χ0v) is 30.9. The first-order valence-electron chi connectivity index (χ1n) is 18.2. The van der Waals surface area contributed by atoms with Gasteiger partial charge in [-0.3, -0.25) is 24.0 Å². The van der Waals surface area contributed by atoms with Crippen LogP contribution in [0.1, 0.15) is 95.0 Å². The van der Waals surface area contributed by atoms with Crippen molar-refractivity contribution >= 4 is 29.2 Å². The quantitative estimate of drug-likeness (QED) is 0.0728. The van der Waals surface area contributed by atoms with Gasteiger partial charge in [0, 0.05) is 61.9 Å². The van der Waals surface area contributed by atoms with Gasteiger partial charge in [0.05, 0.1) is 61.9 Å². The summed E-state index contributed by atoms with van der Waals surface area (Å²) in [6.45, 7) is 4.43. The molecule has 300 valence electrons. The minimum absolute atomic E-state index is 0.0553. The standard InChI is InChI=1S/C38H48N2O15/c1-4-11-52-13-14-53-12-10-39-26(43)8-9-27(44)40-22-15-28(54-19(2)33(22)45)55-24-17-38(50,25(42)18-41)16-21-30(24)37(49)32-31(35(21)47)34(46)20-6-5-7-23(51-3)29(20)36(32)48/h5-7,19,22,24,28,33,41,45,47,49-50H,4,8-18H2,1-3H3,(H,39,43)(H,40,44)/t19-,22-,24-,28?,33+,38-/m0/s1. The maximum Gasteiger partial charge on any atom is 0.220 e. The number of fused-ring (bicyclic) bond motifs is 3. The SMILES string of the molecule is CCCOCCOCCNC(=O)CCC(=O)N[C@H]1CC(O[C@H]2C[C@](O)(C(=O)CO)Cc3c(O)c4c(c(O)c32)C(=O)c2c(OC)cccc2C4=O)O[C@@H](C)[C@H]1O. The van der Waals surface area contributed by atoms with Crippen LogP contribution in [0.4, 0.5) is 0 Å². The van der Waals surface area contributed by atoms with Crippen LogP contribution < -0.4 is 15.4 Å². The maximum atomic E-state index is 13.9. The molecular weight excluding hydrogens is 724 g/mol. The largest absolute Gasteiger partial charge is 0.507 e. The third kappa shape index (κ3) is 8.83. The lowest BCUT2D eigenvalue weighted by molar-refractivity contribution is -0.249. The van der Waals surface area contributed by atoms with Crippen LogP contribution in [0.2, 0.25) is 0 Å². The van der Waals surface area contributed by atoms with Gasteiger partial charge in [-0.2, -0.15) is 0 Å². The zero-order valence-electron chi connectivity index (χ0n) is 30.9. The lowest BCUT2D eigenvalue weighted by Crippen LogP contribution is -2.56. The van der Waals surface area contributed by atoms with Crippen molar-refractivity contribution in [3.63, 3.8) is 0 Å². The van der Waals surface area contributed by atoms with E-state index in [4.69, 9.17) is 23.7 Å². The molecule has 7 N–H and O–H groups in total. The van der Waals surface area contributed by atoms with Gasteiger partial charge in [0.25, 0.3) is 0 Å². The number of carbonyl (C=O) groups excluding carboxylic acids is 5. The van der Waals surface area contributed by atoms with Gasteiger partial charge >= 0.3 is 0 Å². The molecule has 2 aliphatic carbocycles. The van der Waals surface area contributed by atoms with Crippen molar-refractivity contribution in [1.29, 1.82) is 0 Å². The van der Waals surface area contributed by atoms with Crippen molar-refractivity contribution < 1.29 is 73.2 Å². The Hall–Kier alpha value is -4.49. The van der Waals surface area contributed by atoms with Crippen LogP contribution in [-0.2, 0) is 39.8 Å². The van der Waals surface area contributed by atoms with E-state index < -0.39 is 102 Å². The summed E-state index contributed by atoms with van der Waals surface area (Å²) in [5.41, 5.74) is -4.11. The fourth-order valence-electron chi connectivity index (χ4n) is 7.18. The summed E-state index contributed by atoms with van der Waals surface area (Å²) in [6, 6.07) is 3.34. The highest BCUT2D eigenvalue weighted by Gasteiger charge is 2.50. The van der Waals surface area contributed by atoms with E-state index in [9.17, 15) is 49.5 Å². The molecule has 17 nitrogen and oxygen atoms in total. The number of benzene rings is 2. The summed E-state index contributed by atoms with van der Waals surface area (Å²) in [6.07, 6.45) is -5.74. The van der Waals surface area contributed by atoms with Gasteiger partial charge in [0.15, 0.2) is 17.9 Å². The molecule has 55 heavy (non-hydrogen) atoms. The van der Waals surface area contributed by atoms with E-state index >= 15 is 0 Å². The minimum Gasteiger partial charge on any atom is -0.507 e. The molecule has 0 bridgehead atoms. The molecule has 0 aromatic heterocycles. The van der Waals surface area contributed by atoms with Gasteiger partial charge in [0.2, 0.25) is 17.6 Å². The van der Waals surface area contributed by atoms with Gasteiger partial charge in [-0.15, -0.1) is 0 Å². The Balaban J connectivity index is 1.32. The predicted octanol–water partition coefficient (Wildman–Crippen LogP) is 0.498. The molecule has 6 atom stereocenters. The molecule has 3 aliphatic rings. The smallest absolute Gasteiger partial charge is 0.220 e. The first kappa shape index (κ1) is 41.7. The average Bonchev–Trinajstić information content (AvgIpc) is 3.16. The fourth-order valence-corrected chi connectivity index (χ4v) is 7.18. The first-order valence-corrected chi connectivity index (χ1v) is 18.2. The summed E-state index contributed by atoms with van der Waals surface area (Å²) in [7, 11) is 1.30. The molecule has 1 aliphatic heterocycles. The highest BCUT2D eigenvalue weighted by molar-refractivity contribution is 6.31. The molecular formula is C38H48N2O15. The topological polar surface area (TPSA) is 257 Å². The average molecular weight is 773 g/mol. The van der Waals surface area contributed by atoms with Crippen molar-refractivity contribution in [3.05, 3.63) is 51.6 Å². The van der Waals surface area contributed by atoms with Crippen LogP contribution in [0.15, 0.2) is 18.2 Å². The second-order valence-electron chi connectivity index (χ2n) is 13.7. The van der Waals surface area contributed by atoms with Gasteiger partial charge in [-0.05, 0) is 19.4 Å². The number of aliphatic hydroxyl groups excluding tert-OH is 2. The number of phenols is 2. The minimum atomic E-state index is -2.35. The molecule has 2 amide bonds. The lowest BCUT2D eigenvalue weighted by atomic mass is 9.72. The molecule has 1 heterocycles. The van der Waals surface area contributed by atoms with Crippen LogP contribution in [0, 0.1) is 0 Å². The van der Waals surface area contributed by atoms with E-state index in [0.29, 0.717) is 19.8 Å². The summed E-state index contributed by atoms with van der Waals surface area (Å²) in [4.78, 5) is 65.7. The number of methoxy groups -OCH3 is 1. The summed E-state index contributed by atoms with van der Waals surface area (Å²) in [5, 5.41) is 60.8. The van der Waals surface area contributed by atoms with Gasteiger partial charge in [-0.25, -0.2) is 0 Å². The van der Waals surface area contributed by atoms with E-state index in [-0.39, 0.29) is 66.3 Å². The van der Waals surface area contributed by atoms with Gasteiger partial charge in [-0.1, -0.05) is 19.1 Å². The Morgan fingerprint density at radius 3 is 2.35 bits per heavy atom. The van der Waals surface area contributed by atoms with Gasteiger partial charge in [0.1, 0.15) is 35.6 Å². The fraction of sp³-hybridized carbons (Fsp3) is 0.553. The number of rotatable bonds is 17. The van der Waals surface area contributed by atoms with Crippen LogP contribution >= 0.6 is 0 Å². The summed E-state index contributed by atoms with van der Waals surface area (Å²) >= 11 is 0. The molecule has 5 rings (SSSR count). The normalized spacial score (nSPS) is 24.4. The molecule has 0 radical (unpaired) electrons. The molecule has 0 spiro atoms. The van der Waals surface area contributed by atoms with Crippen LogP contribution in [-0.4, -0.2) is 132 Å². The predicted molar refractivity (Wildman–Crippen MR) is 190 cm³/mol. The number of nitrogens with one attached hydrogen (secondary N) is 2. The van der Waals surface area contributed by atoms with Crippen molar-refractivity contribution in [3.8, 4) is 17.2 Å². The number of amides is 2. The number of hydrogen-bond donors (Lipinski definition) is 7. The van der Waals surface area contributed by atoms with Crippen LogP contribution in [0.5, 0.6) is 17.2 Å². The van der Waals surface area contributed by atoms with Crippen molar-refractivity contribution in [2.75, 3.05) is 46.7 Å². The maximum absolute atomic E-state index is 13.9. The Bertz CT molecular complexity index is 1800. The van der Waals surface area contributed by atoms with E-state index in [1.165, 1.54) is 32.2 Å². The molecule has 2 aromatic carbocycles. The van der Waals surface area contributed by atoms with E-state index in [2.05, 4.69) is 10.6 Å². The Labute approximate surface area is 316 Å². The number of carbonyl (C=O) groups is 5. The molecule has 0 saturated carbocycles. The second kappa shape index (κ2) is 18.0. The lowest BCUT2D eigenvalue weighted by Gasteiger charge is -2.43. The van der Waals surface area contributed by atoms with Crippen LogP contribution in [0.25, 0.3) is 0 Å². The number of phenolic OH excluding ortho intramolecular Hbond substituents is 2. The summed E-state index contributed by atoms with van der Waals surface area (Å²) < 4.78 is 28.1. The number of Topliss-reactive ketones (excluding diaryl/α,β-unsaturated/α-hetero) is 1. The van der Waals surface area contributed by atoms with Gasteiger partial charge < -0.3 is 59.9 Å². The Morgan fingerprint density at radius 2 is 1.65 bits per heavy atom. The monoisotopic (exact) mass is 772 g/mol. The first-order chi connectivity index (χ1) is 26.3. The second-order valence-corrected chi connectivity index (χ2v) is 13.7. The summed E-state index contributed by atoms with van der Waals surface area (Å²) in [5.74, 6) is -5.04.